The minimum atomic E-state index is -0.696. The highest BCUT2D eigenvalue weighted by atomic mass is 16.6. The van der Waals surface area contributed by atoms with E-state index < -0.39 is 5.97 Å². The molecule has 1 aliphatic heterocycles. The summed E-state index contributed by atoms with van der Waals surface area (Å²) < 4.78 is 5.82. The number of carboxylic acids is 1. The molecule has 5 fully saturated rings. The molecule has 4 nitrogen and oxygen atoms in total. The maximum absolute atomic E-state index is 13.3. The number of epoxide rings is 1. The maximum Gasteiger partial charge on any atom is 0.307 e. The molecule has 0 amide bonds. The van der Waals surface area contributed by atoms with Crippen LogP contribution in [-0.2, 0) is 14.3 Å². The summed E-state index contributed by atoms with van der Waals surface area (Å²) >= 11 is 0. The fourth-order valence-corrected chi connectivity index (χ4v) is 7.75. The first-order valence-electron chi connectivity index (χ1n) is 9.75. The van der Waals surface area contributed by atoms with Crippen LogP contribution in [0.5, 0.6) is 0 Å². The largest absolute Gasteiger partial charge is 0.481 e. The van der Waals surface area contributed by atoms with Gasteiger partial charge in [0.15, 0.2) is 0 Å². The Balaban J connectivity index is 1.51. The van der Waals surface area contributed by atoms with Crippen molar-refractivity contribution in [2.45, 2.75) is 71.0 Å². The van der Waals surface area contributed by atoms with Gasteiger partial charge in [0, 0.05) is 12.3 Å². The van der Waals surface area contributed by atoms with Crippen LogP contribution in [0.4, 0.5) is 0 Å². The molecule has 1 N–H and O–H groups in total. The highest BCUT2D eigenvalue weighted by molar-refractivity contribution is 5.85. The lowest BCUT2D eigenvalue weighted by atomic mass is 9.44. The van der Waals surface area contributed by atoms with Gasteiger partial charge in [-0.15, -0.1) is 0 Å². The number of carbonyl (C=O) groups excluding carboxylic acids is 1. The van der Waals surface area contributed by atoms with Gasteiger partial charge in [-0.05, 0) is 67.1 Å². The van der Waals surface area contributed by atoms with Crippen molar-refractivity contribution in [1.29, 1.82) is 0 Å². The summed E-state index contributed by atoms with van der Waals surface area (Å²) in [7, 11) is 0. The fourth-order valence-electron chi connectivity index (χ4n) is 7.75. The smallest absolute Gasteiger partial charge is 0.307 e. The van der Waals surface area contributed by atoms with Crippen molar-refractivity contribution in [3.63, 3.8) is 0 Å². The van der Waals surface area contributed by atoms with E-state index in [0.717, 1.165) is 32.1 Å². The van der Waals surface area contributed by atoms with Gasteiger partial charge in [-0.3, -0.25) is 9.59 Å². The molecule has 4 aliphatic carbocycles. The van der Waals surface area contributed by atoms with Gasteiger partial charge in [-0.1, -0.05) is 13.8 Å². The van der Waals surface area contributed by atoms with Gasteiger partial charge in [0.2, 0.25) is 0 Å². The second-order valence-corrected chi connectivity index (χ2v) is 9.80. The van der Waals surface area contributed by atoms with E-state index in [4.69, 9.17) is 4.74 Å². The Bertz CT molecular complexity index is 615. The van der Waals surface area contributed by atoms with Crippen molar-refractivity contribution in [3.05, 3.63) is 0 Å². The summed E-state index contributed by atoms with van der Waals surface area (Å²) in [5.41, 5.74) is -0.235. The number of carboxylic acid groups (broad SMARTS) is 1. The van der Waals surface area contributed by atoms with Crippen molar-refractivity contribution in [3.8, 4) is 0 Å². The van der Waals surface area contributed by atoms with Gasteiger partial charge in [-0.25, -0.2) is 0 Å². The summed E-state index contributed by atoms with van der Waals surface area (Å²) in [6.07, 6.45) is 7.56. The van der Waals surface area contributed by atoms with Crippen LogP contribution >= 0.6 is 0 Å². The number of hydrogen-bond donors (Lipinski definition) is 1. The Labute approximate surface area is 143 Å². The lowest BCUT2D eigenvalue weighted by molar-refractivity contribution is -0.161. The van der Waals surface area contributed by atoms with E-state index in [0.29, 0.717) is 42.2 Å². The van der Waals surface area contributed by atoms with Crippen LogP contribution in [0.15, 0.2) is 0 Å². The number of aliphatic carboxylic acids is 1. The Morgan fingerprint density at radius 1 is 1.12 bits per heavy atom. The first-order valence-corrected chi connectivity index (χ1v) is 9.75. The van der Waals surface area contributed by atoms with E-state index in [1.807, 2.05) is 0 Å². The minimum Gasteiger partial charge on any atom is -0.481 e. The molecule has 1 heterocycles. The van der Waals surface area contributed by atoms with Crippen LogP contribution in [0, 0.1) is 40.4 Å². The van der Waals surface area contributed by atoms with E-state index in [2.05, 4.69) is 13.8 Å². The van der Waals surface area contributed by atoms with Crippen molar-refractivity contribution in [2.75, 3.05) is 0 Å². The van der Waals surface area contributed by atoms with Gasteiger partial charge in [0.25, 0.3) is 0 Å². The standard InChI is InChI=1S/C20H28O4/c1-19-9-16-15(24-16)7-10(19)3-4-11-12-5-6-13(18(22)23)20(12,2)8-14(21)17(11)19/h10-13,15-17H,3-9H2,1-2H3,(H,22,23)/t10-,11-,12-,13+,15-,16+,17+,19-,20-/m0/s1. The molecule has 0 bridgehead atoms. The van der Waals surface area contributed by atoms with Crippen LogP contribution in [0.2, 0.25) is 0 Å². The summed E-state index contributed by atoms with van der Waals surface area (Å²) in [6, 6.07) is 0. The van der Waals surface area contributed by atoms with E-state index in [9.17, 15) is 14.7 Å². The van der Waals surface area contributed by atoms with Crippen molar-refractivity contribution in [2.24, 2.45) is 40.4 Å². The lowest BCUT2D eigenvalue weighted by Crippen LogP contribution is -2.57. The Morgan fingerprint density at radius 2 is 1.92 bits per heavy atom. The van der Waals surface area contributed by atoms with Crippen LogP contribution in [0.25, 0.3) is 0 Å². The van der Waals surface area contributed by atoms with Crippen molar-refractivity contribution in [1.82, 2.24) is 0 Å². The Hall–Kier alpha value is -0.900. The molecule has 0 aromatic rings. The number of fused-ring (bicyclic) bond motifs is 6. The van der Waals surface area contributed by atoms with E-state index in [-0.39, 0.29) is 22.7 Å². The van der Waals surface area contributed by atoms with Crippen LogP contribution in [-0.4, -0.2) is 29.1 Å². The number of rotatable bonds is 1. The Morgan fingerprint density at radius 3 is 2.67 bits per heavy atom. The lowest BCUT2D eigenvalue weighted by Gasteiger charge is -2.58. The minimum absolute atomic E-state index is 0.0836. The van der Waals surface area contributed by atoms with E-state index in [1.165, 1.54) is 6.42 Å². The molecule has 24 heavy (non-hydrogen) atoms. The number of ether oxygens (including phenoxy) is 1. The molecule has 0 unspecified atom stereocenters. The Kier molecular flexibility index (Phi) is 2.96. The quantitative estimate of drug-likeness (QED) is 0.748. The third-order valence-corrected chi connectivity index (χ3v) is 8.89. The number of ketones is 1. The monoisotopic (exact) mass is 332 g/mol. The number of carbonyl (C=O) groups is 2. The fraction of sp³-hybridized carbons (Fsp3) is 0.900. The molecular weight excluding hydrogens is 304 g/mol. The summed E-state index contributed by atoms with van der Waals surface area (Å²) in [4.78, 5) is 25.0. The first-order chi connectivity index (χ1) is 11.3. The highest BCUT2D eigenvalue weighted by Gasteiger charge is 2.66. The normalized spacial score (nSPS) is 58.2. The third kappa shape index (κ3) is 1.79. The van der Waals surface area contributed by atoms with E-state index in [1.54, 1.807) is 0 Å². The molecule has 5 rings (SSSR count). The molecule has 9 atom stereocenters. The molecule has 132 valence electrons. The average Bonchev–Trinajstić information content (AvgIpc) is 3.13. The molecule has 4 saturated carbocycles. The van der Waals surface area contributed by atoms with E-state index >= 15 is 0 Å². The van der Waals surface area contributed by atoms with Gasteiger partial charge in [-0.2, -0.15) is 0 Å². The molecular formula is C20H28O4. The summed E-state index contributed by atoms with van der Waals surface area (Å²) in [5, 5.41) is 9.65. The highest BCUT2D eigenvalue weighted by Crippen LogP contribution is 2.67. The molecule has 1 saturated heterocycles. The van der Waals surface area contributed by atoms with Crippen molar-refractivity contribution < 1.29 is 19.4 Å². The topological polar surface area (TPSA) is 66.9 Å². The van der Waals surface area contributed by atoms with Gasteiger partial charge < -0.3 is 9.84 Å². The number of hydrogen-bond acceptors (Lipinski definition) is 3. The zero-order valence-electron chi connectivity index (χ0n) is 14.7. The third-order valence-electron chi connectivity index (χ3n) is 8.89. The summed E-state index contributed by atoms with van der Waals surface area (Å²) in [6.45, 7) is 4.43. The predicted molar refractivity (Wildman–Crippen MR) is 87.3 cm³/mol. The second-order valence-electron chi connectivity index (χ2n) is 9.80. The maximum atomic E-state index is 13.3. The molecule has 0 aromatic carbocycles. The van der Waals surface area contributed by atoms with Gasteiger partial charge in [0.05, 0.1) is 18.1 Å². The first kappa shape index (κ1) is 15.4. The van der Waals surface area contributed by atoms with Crippen molar-refractivity contribution >= 4 is 11.8 Å². The van der Waals surface area contributed by atoms with Gasteiger partial charge in [0.1, 0.15) is 5.78 Å². The SMILES string of the molecule is C[C@]12C[C@H]3O[C@H]3C[C@@H]1CC[C@H]1[C@@H]3CC[C@H](C(=O)O)[C@@]3(C)CC(=O)[C@@H]12. The van der Waals surface area contributed by atoms with Crippen LogP contribution in [0.1, 0.15) is 58.8 Å². The molecule has 0 aromatic heterocycles. The van der Waals surface area contributed by atoms with Gasteiger partial charge >= 0.3 is 5.97 Å². The molecule has 4 heteroatoms. The molecule has 0 radical (unpaired) electrons. The second kappa shape index (κ2) is 4.63. The molecule has 5 aliphatic rings. The zero-order chi connectivity index (χ0) is 16.9. The zero-order valence-corrected chi connectivity index (χ0v) is 14.7. The van der Waals surface area contributed by atoms with Crippen LogP contribution in [0.3, 0.4) is 0 Å². The summed E-state index contributed by atoms with van der Waals surface area (Å²) in [5.74, 6) is 0.908. The predicted octanol–water partition coefficient (Wildman–Crippen LogP) is 3.29. The molecule has 0 spiro atoms. The van der Waals surface area contributed by atoms with Crippen LogP contribution < -0.4 is 0 Å². The average molecular weight is 332 g/mol. The number of Topliss-reactive ketones (excluding diaryl/α,β-unsaturated/α-hetero) is 1.